The number of halogens is 1. The fourth-order valence-electron chi connectivity index (χ4n) is 2.35. The minimum atomic E-state index is -0.672. The molecule has 0 saturated carbocycles. The van der Waals surface area contributed by atoms with E-state index < -0.39 is 18.1 Å². The van der Waals surface area contributed by atoms with Crippen LogP contribution < -0.4 is 10.2 Å². The molecule has 20 heavy (non-hydrogen) atoms. The van der Waals surface area contributed by atoms with Gasteiger partial charge in [0.05, 0.1) is 17.8 Å². The quantitative estimate of drug-likeness (QED) is 0.901. The average molecular weight is 278 g/mol. The number of para-hydroxylation sites is 1. The maximum absolute atomic E-state index is 12.8. The van der Waals surface area contributed by atoms with Crippen molar-refractivity contribution in [3.8, 4) is 0 Å². The molecule has 1 aromatic rings. The molecule has 4 nitrogen and oxygen atoms in total. The molecule has 1 aromatic carbocycles. The first-order valence-electron chi connectivity index (χ1n) is 6.63. The minimum absolute atomic E-state index is 0.0443. The number of anilines is 1. The molecule has 0 fully saturated rings. The van der Waals surface area contributed by atoms with Gasteiger partial charge in [-0.25, -0.2) is 4.39 Å². The second-order valence-electron chi connectivity index (χ2n) is 5.97. The monoisotopic (exact) mass is 278 g/mol. The molecule has 1 N–H and O–H groups in total. The van der Waals surface area contributed by atoms with Crippen molar-refractivity contribution >= 4 is 17.5 Å². The fraction of sp³-hybridized carbons (Fsp3) is 0.467. The van der Waals surface area contributed by atoms with Crippen molar-refractivity contribution in [1.29, 1.82) is 0 Å². The Morgan fingerprint density at radius 3 is 2.50 bits per heavy atom. The molecule has 1 aliphatic rings. The molecule has 2 rings (SSSR count). The zero-order valence-corrected chi connectivity index (χ0v) is 11.9. The van der Waals surface area contributed by atoms with Crippen LogP contribution in [0.5, 0.6) is 0 Å². The van der Waals surface area contributed by atoms with Crippen molar-refractivity contribution in [3.05, 3.63) is 29.8 Å². The molecule has 0 radical (unpaired) electrons. The molecular weight excluding hydrogens is 259 g/mol. The lowest BCUT2D eigenvalue weighted by Gasteiger charge is -2.32. The smallest absolute Gasteiger partial charge is 0.254 e. The van der Waals surface area contributed by atoms with Gasteiger partial charge in [-0.2, -0.15) is 0 Å². The van der Waals surface area contributed by atoms with E-state index in [0.29, 0.717) is 11.3 Å². The van der Waals surface area contributed by atoms with Crippen molar-refractivity contribution in [2.24, 2.45) is 5.41 Å². The van der Waals surface area contributed by atoms with Crippen LogP contribution in [0.2, 0.25) is 0 Å². The molecule has 1 unspecified atom stereocenters. The van der Waals surface area contributed by atoms with Gasteiger partial charge in [0.1, 0.15) is 12.7 Å². The first-order chi connectivity index (χ1) is 9.36. The van der Waals surface area contributed by atoms with Gasteiger partial charge in [0.2, 0.25) is 5.91 Å². The fourth-order valence-corrected chi connectivity index (χ4v) is 2.35. The first kappa shape index (κ1) is 14.5. The molecule has 2 amide bonds. The van der Waals surface area contributed by atoms with Gasteiger partial charge in [0, 0.05) is 0 Å². The van der Waals surface area contributed by atoms with Crippen LogP contribution in [0, 0.1) is 5.41 Å². The summed E-state index contributed by atoms with van der Waals surface area (Å²) in [4.78, 5) is 26.3. The predicted octanol–water partition coefficient (Wildman–Crippen LogP) is 2.15. The maximum atomic E-state index is 12.8. The number of hydrogen-bond donors (Lipinski definition) is 1. The largest absolute Gasteiger partial charge is 0.340 e. The Hall–Kier alpha value is -1.91. The SMILES string of the molecule is CC(C)(C)C1NC(=O)c2ccccc2N(CCF)C1=O. The summed E-state index contributed by atoms with van der Waals surface area (Å²) in [7, 11) is 0. The number of nitrogens with one attached hydrogen (secondary N) is 1. The standard InChI is InChI=1S/C15H19FN2O2/c1-15(2,3)12-14(20)18(9-8-16)11-7-5-4-6-10(11)13(19)17-12/h4-7,12H,8-9H2,1-3H3,(H,17,19). The van der Waals surface area contributed by atoms with Crippen molar-refractivity contribution < 1.29 is 14.0 Å². The van der Waals surface area contributed by atoms with Gasteiger partial charge in [-0.3, -0.25) is 9.59 Å². The average Bonchev–Trinajstić information content (AvgIpc) is 2.49. The summed E-state index contributed by atoms with van der Waals surface area (Å²) in [6.07, 6.45) is 0. The van der Waals surface area contributed by atoms with Crippen molar-refractivity contribution in [2.45, 2.75) is 26.8 Å². The molecule has 5 heteroatoms. The molecule has 0 aromatic heterocycles. The Labute approximate surface area is 118 Å². The summed E-state index contributed by atoms with van der Waals surface area (Å²) in [5.74, 6) is -0.566. The molecule has 1 heterocycles. The highest BCUT2D eigenvalue weighted by molar-refractivity contribution is 6.11. The van der Waals surface area contributed by atoms with Crippen LogP contribution >= 0.6 is 0 Å². The number of hydrogen-bond acceptors (Lipinski definition) is 2. The van der Waals surface area contributed by atoms with Crippen LogP contribution in [-0.4, -0.2) is 31.1 Å². The second-order valence-corrected chi connectivity index (χ2v) is 5.97. The number of nitrogens with zero attached hydrogens (tertiary/aromatic N) is 1. The molecule has 0 bridgehead atoms. The number of carbonyl (C=O) groups excluding carboxylic acids is 2. The van der Waals surface area contributed by atoms with E-state index >= 15 is 0 Å². The van der Waals surface area contributed by atoms with E-state index in [1.165, 1.54) is 4.90 Å². The second kappa shape index (κ2) is 5.23. The summed E-state index contributed by atoms with van der Waals surface area (Å²) >= 11 is 0. The maximum Gasteiger partial charge on any atom is 0.254 e. The molecular formula is C15H19FN2O2. The normalized spacial score (nSPS) is 19.4. The number of benzene rings is 1. The molecule has 1 atom stereocenters. The van der Waals surface area contributed by atoms with E-state index in [1.54, 1.807) is 24.3 Å². The highest BCUT2D eigenvalue weighted by atomic mass is 19.1. The summed E-state index contributed by atoms with van der Waals surface area (Å²) in [6.45, 7) is 4.93. The van der Waals surface area contributed by atoms with Crippen LogP contribution in [-0.2, 0) is 4.79 Å². The Morgan fingerprint density at radius 1 is 1.25 bits per heavy atom. The van der Waals surface area contributed by atoms with Gasteiger partial charge >= 0.3 is 0 Å². The van der Waals surface area contributed by atoms with Crippen molar-refractivity contribution in [3.63, 3.8) is 0 Å². The van der Waals surface area contributed by atoms with E-state index in [4.69, 9.17) is 0 Å². The lowest BCUT2D eigenvalue weighted by molar-refractivity contribution is -0.122. The number of rotatable bonds is 2. The Morgan fingerprint density at radius 2 is 1.90 bits per heavy atom. The summed E-state index contributed by atoms with van der Waals surface area (Å²) in [5, 5.41) is 2.76. The van der Waals surface area contributed by atoms with Crippen LogP contribution in [0.15, 0.2) is 24.3 Å². The van der Waals surface area contributed by atoms with Crippen LogP contribution in [0.25, 0.3) is 0 Å². The summed E-state index contributed by atoms with van der Waals surface area (Å²) in [5.41, 5.74) is 0.434. The lowest BCUT2D eigenvalue weighted by atomic mass is 9.86. The summed E-state index contributed by atoms with van der Waals surface area (Å²) in [6, 6.07) is 6.12. The predicted molar refractivity (Wildman–Crippen MR) is 75.5 cm³/mol. The third-order valence-electron chi connectivity index (χ3n) is 3.40. The van der Waals surface area contributed by atoms with E-state index in [0.717, 1.165) is 0 Å². The number of carbonyl (C=O) groups is 2. The number of alkyl halides is 1. The summed E-state index contributed by atoms with van der Waals surface area (Å²) < 4.78 is 12.8. The van der Waals surface area contributed by atoms with Gasteiger partial charge in [-0.1, -0.05) is 32.9 Å². The van der Waals surface area contributed by atoms with Gasteiger partial charge in [0.15, 0.2) is 0 Å². The molecule has 0 aliphatic carbocycles. The van der Waals surface area contributed by atoms with E-state index in [-0.39, 0.29) is 18.4 Å². The van der Waals surface area contributed by atoms with E-state index in [1.807, 2.05) is 20.8 Å². The molecule has 0 saturated heterocycles. The van der Waals surface area contributed by atoms with Gasteiger partial charge in [0.25, 0.3) is 5.91 Å². The van der Waals surface area contributed by atoms with Crippen molar-refractivity contribution in [1.82, 2.24) is 5.32 Å². The number of fused-ring (bicyclic) bond motifs is 1. The number of amides is 2. The first-order valence-corrected chi connectivity index (χ1v) is 6.63. The van der Waals surface area contributed by atoms with Crippen LogP contribution in [0.3, 0.4) is 0 Å². The van der Waals surface area contributed by atoms with E-state index in [9.17, 15) is 14.0 Å². The minimum Gasteiger partial charge on any atom is -0.340 e. The molecule has 1 aliphatic heterocycles. The Balaban J connectivity index is 2.53. The van der Waals surface area contributed by atoms with Crippen molar-refractivity contribution in [2.75, 3.05) is 18.1 Å². The zero-order chi connectivity index (χ0) is 14.9. The van der Waals surface area contributed by atoms with E-state index in [2.05, 4.69) is 5.32 Å². The van der Waals surface area contributed by atoms with Gasteiger partial charge < -0.3 is 10.2 Å². The topological polar surface area (TPSA) is 49.4 Å². The third-order valence-corrected chi connectivity index (χ3v) is 3.40. The van der Waals surface area contributed by atoms with Crippen LogP contribution in [0.4, 0.5) is 10.1 Å². The Bertz CT molecular complexity index is 537. The highest BCUT2D eigenvalue weighted by Gasteiger charge is 2.39. The molecule has 108 valence electrons. The zero-order valence-electron chi connectivity index (χ0n) is 11.9. The third kappa shape index (κ3) is 2.53. The molecule has 0 spiro atoms. The Kier molecular flexibility index (Phi) is 3.79. The lowest BCUT2D eigenvalue weighted by Crippen LogP contribution is -2.53. The van der Waals surface area contributed by atoms with Gasteiger partial charge in [-0.05, 0) is 17.5 Å². The highest BCUT2D eigenvalue weighted by Crippen LogP contribution is 2.29. The van der Waals surface area contributed by atoms with Gasteiger partial charge in [-0.15, -0.1) is 0 Å². The van der Waals surface area contributed by atoms with Crippen LogP contribution in [0.1, 0.15) is 31.1 Å².